The van der Waals surface area contributed by atoms with Gasteiger partial charge in [-0.3, -0.25) is 4.57 Å². The zero-order chi connectivity index (χ0) is 14.1. The predicted molar refractivity (Wildman–Crippen MR) is 84.2 cm³/mol. The third kappa shape index (κ3) is 2.37. The number of hydrogen-bond acceptors (Lipinski definition) is 2. The van der Waals surface area contributed by atoms with E-state index in [2.05, 4.69) is 26.1 Å². The SMILES string of the molecule is Cc1ccc(Br)cc1-n1c(Cl)nnc1-c1ccccc1. The van der Waals surface area contributed by atoms with Crippen molar-refractivity contribution in [3.8, 4) is 17.1 Å². The van der Waals surface area contributed by atoms with Crippen molar-refractivity contribution in [2.24, 2.45) is 0 Å². The van der Waals surface area contributed by atoms with E-state index in [9.17, 15) is 0 Å². The van der Waals surface area contributed by atoms with Crippen LogP contribution in [0, 0.1) is 6.92 Å². The molecular weight excluding hydrogens is 338 g/mol. The minimum atomic E-state index is 0.352. The summed E-state index contributed by atoms with van der Waals surface area (Å²) in [7, 11) is 0. The molecule has 0 bridgehead atoms. The van der Waals surface area contributed by atoms with Gasteiger partial charge in [0, 0.05) is 10.0 Å². The molecule has 0 aliphatic heterocycles. The third-order valence-corrected chi connectivity index (χ3v) is 3.81. The predicted octanol–water partition coefficient (Wildman–Crippen LogP) is 4.66. The van der Waals surface area contributed by atoms with E-state index in [4.69, 9.17) is 11.6 Å². The maximum Gasteiger partial charge on any atom is 0.229 e. The number of halogens is 2. The van der Waals surface area contributed by atoms with E-state index in [0.29, 0.717) is 5.28 Å². The Hall–Kier alpha value is -1.65. The van der Waals surface area contributed by atoms with Crippen LogP contribution in [0.5, 0.6) is 0 Å². The summed E-state index contributed by atoms with van der Waals surface area (Å²) in [4.78, 5) is 0. The summed E-state index contributed by atoms with van der Waals surface area (Å²) in [6.07, 6.45) is 0. The van der Waals surface area contributed by atoms with Gasteiger partial charge in [-0.1, -0.05) is 52.3 Å². The van der Waals surface area contributed by atoms with Crippen molar-refractivity contribution in [1.82, 2.24) is 14.8 Å². The van der Waals surface area contributed by atoms with Gasteiger partial charge in [-0.2, -0.15) is 0 Å². The summed E-state index contributed by atoms with van der Waals surface area (Å²) in [5, 5.41) is 8.55. The fourth-order valence-corrected chi connectivity index (χ4v) is 2.63. The van der Waals surface area contributed by atoms with Crippen LogP contribution in [0.1, 0.15) is 5.56 Å². The van der Waals surface area contributed by atoms with Crippen LogP contribution in [-0.4, -0.2) is 14.8 Å². The monoisotopic (exact) mass is 347 g/mol. The molecule has 0 N–H and O–H groups in total. The number of rotatable bonds is 2. The molecule has 0 saturated carbocycles. The van der Waals surface area contributed by atoms with E-state index in [1.807, 2.05) is 60.0 Å². The average molecular weight is 349 g/mol. The minimum Gasteiger partial charge on any atom is -0.265 e. The zero-order valence-electron chi connectivity index (χ0n) is 10.7. The van der Waals surface area contributed by atoms with E-state index >= 15 is 0 Å². The van der Waals surface area contributed by atoms with E-state index in [1.54, 1.807) is 0 Å². The van der Waals surface area contributed by atoms with Crippen LogP contribution in [0.15, 0.2) is 53.0 Å². The van der Waals surface area contributed by atoms with Crippen molar-refractivity contribution in [3.63, 3.8) is 0 Å². The van der Waals surface area contributed by atoms with Gasteiger partial charge in [-0.25, -0.2) is 0 Å². The van der Waals surface area contributed by atoms with Gasteiger partial charge in [0.15, 0.2) is 5.82 Å². The maximum atomic E-state index is 6.23. The maximum absolute atomic E-state index is 6.23. The summed E-state index contributed by atoms with van der Waals surface area (Å²) in [5.41, 5.74) is 3.05. The Morgan fingerprint density at radius 3 is 2.55 bits per heavy atom. The van der Waals surface area contributed by atoms with Crippen LogP contribution >= 0.6 is 27.5 Å². The van der Waals surface area contributed by atoms with Crippen LogP contribution in [0.25, 0.3) is 17.1 Å². The molecule has 0 radical (unpaired) electrons. The van der Waals surface area contributed by atoms with Crippen molar-refractivity contribution in [1.29, 1.82) is 0 Å². The largest absolute Gasteiger partial charge is 0.265 e. The lowest BCUT2D eigenvalue weighted by molar-refractivity contribution is 1.04. The summed E-state index contributed by atoms with van der Waals surface area (Å²) in [5.74, 6) is 0.733. The molecule has 0 atom stereocenters. The van der Waals surface area contributed by atoms with Gasteiger partial charge in [-0.05, 0) is 36.2 Å². The molecule has 0 unspecified atom stereocenters. The topological polar surface area (TPSA) is 30.7 Å². The second kappa shape index (κ2) is 5.38. The van der Waals surface area contributed by atoms with Crippen molar-refractivity contribution < 1.29 is 0 Å². The highest BCUT2D eigenvalue weighted by atomic mass is 79.9. The van der Waals surface area contributed by atoms with Crippen LogP contribution < -0.4 is 0 Å². The lowest BCUT2D eigenvalue weighted by Gasteiger charge is -2.11. The van der Waals surface area contributed by atoms with Crippen molar-refractivity contribution in [3.05, 3.63) is 63.9 Å². The molecular formula is C15H11BrClN3. The first-order chi connectivity index (χ1) is 9.66. The highest BCUT2D eigenvalue weighted by Crippen LogP contribution is 2.28. The molecule has 0 saturated heterocycles. The van der Waals surface area contributed by atoms with Gasteiger partial charge in [0.05, 0.1) is 5.69 Å². The molecule has 3 nitrogen and oxygen atoms in total. The molecule has 100 valence electrons. The van der Waals surface area contributed by atoms with Crippen molar-refractivity contribution in [2.75, 3.05) is 0 Å². The van der Waals surface area contributed by atoms with Crippen LogP contribution in [0.2, 0.25) is 5.28 Å². The van der Waals surface area contributed by atoms with Gasteiger partial charge in [0.1, 0.15) is 0 Å². The van der Waals surface area contributed by atoms with Crippen molar-refractivity contribution >= 4 is 27.5 Å². The zero-order valence-corrected chi connectivity index (χ0v) is 13.1. The Kier molecular flexibility index (Phi) is 3.59. The van der Waals surface area contributed by atoms with E-state index in [-0.39, 0.29) is 0 Å². The number of benzene rings is 2. The van der Waals surface area contributed by atoms with Gasteiger partial charge in [-0.15, -0.1) is 10.2 Å². The highest BCUT2D eigenvalue weighted by Gasteiger charge is 2.15. The molecule has 20 heavy (non-hydrogen) atoms. The highest BCUT2D eigenvalue weighted by molar-refractivity contribution is 9.10. The molecule has 3 rings (SSSR count). The van der Waals surface area contributed by atoms with E-state index in [0.717, 1.165) is 27.1 Å². The number of hydrogen-bond donors (Lipinski definition) is 0. The van der Waals surface area contributed by atoms with Crippen molar-refractivity contribution in [2.45, 2.75) is 6.92 Å². The van der Waals surface area contributed by atoms with Gasteiger partial charge >= 0.3 is 0 Å². The van der Waals surface area contributed by atoms with Crippen LogP contribution in [-0.2, 0) is 0 Å². The average Bonchev–Trinajstić information content (AvgIpc) is 2.84. The summed E-state index contributed by atoms with van der Waals surface area (Å²) in [6.45, 7) is 2.03. The lowest BCUT2D eigenvalue weighted by Crippen LogP contribution is -2.00. The third-order valence-electron chi connectivity index (χ3n) is 3.07. The number of aromatic nitrogens is 3. The molecule has 0 spiro atoms. The van der Waals surface area contributed by atoms with Crippen LogP contribution in [0.3, 0.4) is 0 Å². The molecule has 0 fully saturated rings. The van der Waals surface area contributed by atoms with Gasteiger partial charge in [0.2, 0.25) is 5.28 Å². The first-order valence-corrected chi connectivity index (χ1v) is 7.27. The Morgan fingerprint density at radius 1 is 1.05 bits per heavy atom. The second-order valence-electron chi connectivity index (χ2n) is 4.42. The van der Waals surface area contributed by atoms with E-state index in [1.165, 1.54) is 0 Å². The molecule has 1 heterocycles. The first-order valence-electron chi connectivity index (χ1n) is 6.09. The Balaban J connectivity index is 2.24. The molecule has 1 aromatic heterocycles. The summed E-state index contributed by atoms with van der Waals surface area (Å²) >= 11 is 9.72. The van der Waals surface area contributed by atoms with E-state index < -0.39 is 0 Å². The Bertz CT molecular complexity index is 753. The number of nitrogens with zero attached hydrogens (tertiary/aromatic N) is 3. The summed E-state index contributed by atoms with van der Waals surface area (Å²) < 4.78 is 2.85. The molecule has 0 aliphatic carbocycles. The second-order valence-corrected chi connectivity index (χ2v) is 5.68. The van der Waals surface area contributed by atoms with Gasteiger partial charge in [0.25, 0.3) is 0 Å². The fourth-order valence-electron chi connectivity index (χ4n) is 2.08. The van der Waals surface area contributed by atoms with Crippen LogP contribution in [0.4, 0.5) is 0 Å². The molecule has 2 aromatic carbocycles. The first kappa shape index (κ1) is 13.3. The fraction of sp³-hybridized carbons (Fsp3) is 0.0667. The molecule has 5 heteroatoms. The lowest BCUT2D eigenvalue weighted by atomic mass is 10.1. The number of aryl methyl sites for hydroxylation is 1. The molecule has 0 aliphatic rings. The summed E-state index contributed by atoms with van der Waals surface area (Å²) in [6, 6.07) is 15.9. The standard InChI is InChI=1S/C15H11BrClN3/c1-10-7-8-12(16)9-13(10)20-14(18-19-15(20)17)11-5-3-2-4-6-11/h2-9H,1H3. The normalized spacial score (nSPS) is 10.8. The quantitative estimate of drug-likeness (QED) is 0.674. The van der Waals surface area contributed by atoms with Gasteiger partial charge < -0.3 is 0 Å². The molecule has 3 aromatic rings. The molecule has 0 amide bonds. The Labute approximate surface area is 130 Å². The Morgan fingerprint density at radius 2 is 1.80 bits per heavy atom. The minimum absolute atomic E-state index is 0.352. The smallest absolute Gasteiger partial charge is 0.229 e.